The highest BCUT2D eigenvalue weighted by molar-refractivity contribution is 6.06. The minimum absolute atomic E-state index is 0.0870. The predicted octanol–water partition coefficient (Wildman–Crippen LogP) is 5.03. The van der Waals surface area contributed by atoms with Crippen molar-refractivity contribution >= 4 is 22.5 Å². The van der Waals surface area contributed by atoms with E-state index in [0.717, 1.165) is 33.3 Å². The first-order chi connectivity index (χ1) is 16.0. The molecule has 0 unspecified atom stereocenters. The molecule has 5 rings (SSSR count). The summed E-state index contributed by atoms with van der Waals surface area (Å²) in [4.78, 5) is 12.8. The van der Waals surface area contributed by atoms with Gasteiger partial charge >= 0.3 is 0 Å². The predicted molar refractivity (Wildman–Crippen MR) is 124 cm³/mol. The topological polar surface area (TPSA) is 72.7 Å². The van der Waals surface area contributed by atoms with Crippen molar-refractivity contribution in [2.75, 3.05) is 19.5 Å². The summed E-state index contributed by atoms with van der Waals surface area (Å²) in [5.74, 6) is -0.217. The summed E-state index contributed by atoms with van der Waals surface area (Å²) in [6, 6.07) is 15.8. The van der Waals surface area contributed by atoms with Gasteiger partial charge in [0.05, 0.1) is 25.4 Å². The number of nitrogens with one attached hydrogen (secondary N) is 1. The van der Waals surface area contributed by atoms with E-state index in [-0.39, 0.29) is 41.3 Å². The van der Waals surface area contributed by atoms with Crippen LogP contribution in [-0.2, 0) is 11.3 Å². The molecule has 3 aromatic carbocycles. The van der Waals surface area contributed by atoms with Crippen LogP contribution in [0, 0.1) is 5.82 Å². The molecule has 0 bridgehead atoms. The molecule has 0 saturated heterocycles. The fourth-order valence-corrected chi connectivity index (χ4v) is 4.62. The van der Waals surface area contributed by atoms with Gasteiger partial charge in [0.2, 0.25) is 11.7 Å². The number of phenolic OH excluding ortho intramolecular Hbond substituents is 1. The summed E-state index contributed by atoms with van der Waals surface area (Å²) in [7, 11) is 2.95. The molecule has 6 nitrogen and oxygen atoms in total. The van der Waals surface area contributed by atoms with Crippen LogP contribution in [0.15, 0.2) is 60.8 Å². The number of nitrogens with zero attached hydrogens (tertiary/aromatic N) is 1. The first-order valence-electron chi connectivity index (χ1n) is 10.6. The zero-order valence-corrected chi connectivity index (χ0v) is 18.3. The molecule has 0 radical (unpaired) electrons. The molecular weight excluding hydrogens is 423 g/mol. The lowest BCUT2D eigenvalue weighted by molar-refractivity contribution is -0.116. The van der Waals surface area contributed by atoms with Crippen molar-refractivity contribution in [1.29, 1.82) is 0 Å². The maximum atomic E-state index is 13.8. The number of anilines is 1. The molecule has 33 heavy (non-hydrogen) atoms. The molecular formula is C26H23FN2O4. The highest BCUT2D eigenvalue weighted by atomic mass is 19.1. The molecule has 0 saturated carbocycles. The third kappa shape index (κ3) is 3.65. The number of carbonyl (C=O) groups excluding carboxylic acids is 1. The average Bonchev–Trinajstić information content (AvgIpc) is 3.09. The summed E-state index contributed by atoms with van der Waals surface area (Å²) < 4.78 is 26.5. The van der Waals surface area contributed by atoms with Gasteiger partial charge in [0.15, 0.2) is 11.5 Å². The van der Waals surface area contributed by atoms with Crippen LogP contribution in [0.3, 0.4) is 0 Å². The fourth-order valence-electron chi connectivity index (χ4n) is 4.62. The Balaban J connectivity index is 1.70. The number of halogens is 1. The highest BCUT2D eigenvalue weighted by Crippen LogP contribution is 2.45. The molecule has 2 N–H and O–H groups in total. The van der Waals surface area contributed by atoms with E-state index in [4.69, 9.17) is 9.47 Å². The monoisotopic (exact) mass is 446 g/mol. The van der Waals surface area contributed by atoms with Crippen molar-refractivity contribution in [2.45, 2.75) is 18.9 Å². The second kappa shape index (κ2) is 8.16. The first-order valence-corrected chi connectivity index (χ1v) is 10.6. The van der Waals surface area contributed by atoms with Crippen LogP contribution < -0.4 is 14.8 Å². The number of amides is 1. The number of ether oxygens (including phenoxy) is 2. The Morgan fingerprint density at radius 3 is 2.52 bits per heavy atom. The van der Waals surface area contributed by atoms with Crippen molar-refractivity contribution < 1.29 is 23.8 Å². The maximum absolute atomic E-state index is 13.8. The number of aromatic nitrogens is 1. The number of carbonyl (C=O) groups is 1. The summed E-state index contributed by atoms with van der Waals surface area (Å²) in [5, 5.41) is 14.3. The van der Waals surface area contributed by atoms with E-state index in [0.29, 0.717) is 6.54 Å². The smallest absolute Gasteiger partial charge is 0.225 e. The number of phenols is 1. The third-order valence-corrected chi connectivity index (χ3v) is 6.12. The van der Waals surface area contributed by atoms with E-state index in [1.165, 1.54) is 26.4 Å². The summed E-state index contributed by atoms with van der Waals surface area (Å²) in [5.41, 5.74) is 4.28. The van der Waals surface area contributed by atoms with Gasteiger partial charge in [-0.1, -0.05) is 18.2 Å². The largest absolute Gasteiger partial charge is 0.502 e. The van der Waals surface area contributed by atoms with Gasteiger partial charge in [0, 0.05) is 30.5 Å². The Hall–Kier alpha value is -4.00. The zero-order valence-electron chi connectivity index (χ0n) is 18.3. The number of aromatic hydroxyl groups is 1. The van der Waals surface area contributed by atoms with Gasteiger partial charge in [-0.05, 0) is 53.1 Å². The number of rotatable bonds is 5. The molecule has 1 aromatic heterocycles. The van der Waals surface area contributed by atoms with Crippen LogP contribution in [0.2, 0.25) is 0 Å². The van der Waals surface area contributed by atoms with Crippen molar-refractivity contribution in [3.63, 3.8) is 0 Å². The molecule has 0 aliphatic carbocycles. The van der Waals surface area contributed by atoms with E-state index in [9.17, 15) is 14.3 Å². The molecule has 0 spiro atoms. The van der Waals surface area contributed by atoms with E-state index in [2.05, 4.69) is 9.88 Å². The van der Waals surface area contributed by atoms with E-state index >= 15 is 0 Å². The van der Waals surface area contributed by atoms with Crippen molar-refractivity contribution in [3.05, 3.63) is 83.3 Å². The maximum Gasteiger partial charge on any atom is 0.225 e. The van der Waals surface area contributed by atoms with Crippen LogP contribution in [0.5, 0.6) is 17.2 Å². The average molecular weight is 446 g/mol. The normalized spacial score (nSPS) is 15.2. The van der Waals surface area contributed by atoms with Crippen LogP contribution in [-0.4, -0.2) is 29.8 Å². The van der Waals surface area contributed by atoms with E-state index in [1.54, 1.807) is 18.2 Å². The SMILES string of the molecule is COc1cc([C@@H]2CC(=O)Nc3cccc4c3c2cn4Cc2cccc(F)c2)cc(OC)c1O. The van der Waals surface area contributed by atoms with Gasteiger partial charge < -0.3 is 24.5 Å². The second-order valence-electron chi connectivity index (χ2n) is 8.12. The number of methoxy groups -OCH3 is 2. The second-order valence-corrected chi connectivity index (χ2v) is 8.12. The van der Waals surface area contributed by atoms with Crippen molar-refractivity contribution in [2.24, 2.45) is 0 Å². The third-order valence-electron chi connectivity index (χ3n) is 6.12. The Morgan fingerprint density at radius 2 is 1.82 bits per heavy atom. The minimum atomic E-state index is -0.298. The van der Waals surface area contributed by atoms with Gasteiger partial charge in [-0.3, -0.25) is 4.79 Å². The molecule has 1 aliphatic heterocycles. The van der Waals surface area contributed by atoms with Gasteiger partial charge in [-0.25, -0.2) is 4.39 Å². The standard InChI is InChI=1S/C26H23FN2O4/c1-32-22-10-16(11-23(33-2)26(22)31)18-12-24(30)28-20-7-4-8-21-25(20)19(18)14-29(21)13-15-5-3-6-17(27)9-15/h3-11,14,18,31H,12-13H2,1-2H3,(H,28,30)/t18-/m0/s1. The Kier molecular flexibility index (Phi) is 5.17. The molecule has 4 aromatic rings. The molecule has 2 heterocycles. The van der Waals surface area contributed by atoms with Gasteiger partial charge in [-0.15, -0.1) is 0 Å². The molecule has 7 heteroatoms. The lowest BCUT2D eigenvalue weighted by Gasteiger charge is -2.18. The van der Waals surface area contributed by atoms with Crippen LogP contribution >= 0.6 is 0 Å². The quantitative estimate of drug-likeness (QED) is 0.451. The van der Waals surface area contributed by atoms with E-state index < -0.39 is 0 Å². The number of hydrogen-bond donors (Lipinski definition) is 2. The van der Waals surface area contributed by atoms with Gasteiger partial charge in [-0.2, -0.15) is 0 Å². The van der Waals surface area contributed by atoms with E-state index in [1.807, 2.05) is 30.5 Å². The fraction of sp³-hybridized carbons (Fsp3) is 0.192. The number of benzene rings is 3. The molecule has 1 atom stereocenters. The van der Waals surface area contributed by atoms with Crippen LogP contribution in [0.4, 0.5) is 10.1 Å². The highest BCUT2D eigenvalue weighted by Gasteiger charge is 2.29. The lowest BCUT2D eigenvalue weighted by atomic mass is 9.88. The van der Waals surface area contributed by atoms with Crippen molar-refractivity contribution in [1.82, 2.24) is 4.57 Å². The van der Waals surface area contributed by atoms with Crippen LogP contribution in [0.25, 0.3) is 10.9 Å². The first kappa shape index (κ1) is 20.9. The summed E-state index contributed by atoms with van der Waals surface area (Å²) >= 11 is 0. The number of hydrogen-bond acceptors (Lipinski definition) is 4. The van der Waals surface area contributed by atoms with Crippen LogP contribution in [0.1, 0.15) is 29.0 Å². The summed E-state index contributed by atoms with van der Waals surface area (Å²) in [6.45, 7) is 0.487. The summed E-state index contributed by atoms with van der Waals surface area (Å²) in [6.07, 6.45) is 2.24. The van der Waals surface area contributed by atoms with Crippen molar-refractivity contribution in [3.8, 4) is 17.2 Å². The zero-order chi connectivity index (χ0) is 23.1. The van der Waals surface area contributed by atoms with Gasteiger partial charge in [0.1, 0.15) is 5.82 Å². The Bertz CT molecular complexity index is 1350. The minimum Gasteiger partial charge on any atom is -0.502 e. The Labute approximate surface area is 190 Å². The molecule has 1 aliphatic rings. The Morgan fingerprint density at radius 1 is 1.09 bits per heavy atom. The van der Waals surface area contributed by atoms with Gasteiger partial charge in [0.25, 0.3) is 0 Å². The molecule has 168 valence electrons. The molecule has 1 amide bonds. The lowest BCUT2D eigenvalue weighted by Crippen LogP contribution is -2.14. The molecule has 0 fully saturated rings.